The Hall–Kier alpha value is -2.13. The molecule has 0 bridgehead atoms. The van der Waals surface area contributed by atoms with Crippen molar-refractivity contribution in [1.29, 1.82) is 0 Å². The molecule has 2 N–H and O–H groups in total. The first kappa shape index (κ1) is 18.2. The van der Waals surface area contributed by atoms with Gasteiger partial charge in [-0.1, -0.05) is 56.3 Å². The quantitative estimate of drug-likeness (QED) is 0.757. The topological polar surface area (TPSA) is 46.3 Å². The molecule has 3 nitrogen and oxygen atoms in total. The van der Waals surface area contributed by atoms with E-state index in [1.165, 1.54) is 27.8 Å². The summed E-state index contributed by atoms with van der Waals surface area (Å²) in [4.78, 5) is 14.6. The summed E-state index contributed by atoms with van der Waals surface area (Å²) in [6.07, 6.45) is 4.43. The summed E-state index contributed by atoms with van der Waals surface area (Å²) in [6.45, 7) is 5.92. The van der Waals surface area contributed by atoms with Crippen LogP contribution in [-0.4, -0.2) is 29.9 Å². The maximum Gasteiger partial charge on any atom is 0.222 e. The lowest BCUT2D eigenvalue weighted by atomic mass is 9.79. The molecule has 0 aromatic heterocycles. The van der Waals surface area contributed by atoms with Gasteiger partial charge >= 0.3 is 0 Å². The summed E-state index contributed by atoms with van der Waals surface area (Å²) in [5.41, 5.74) is 13.1. The fraction of sp³-hybridized carbons (Fsp3) is 0.458. The van der Waals surface area contributed by atoms with E-state index in [2.05, 4.69) is 56.3 Å². The average Bonchev–Trinajstić information content (AvgIpc) is 3.02. The molecule has 1 atom stereocenters. The summed E-state index contributed by atoms with van der Waals surface area (Å²) < 4.78 is 0. The normalized spacial score (nSPS) is 20.3. The van der Waals surface area contributed by atoms with Crippen LogP contribution in [-0.2, 0) is 17.6 Å². The molecule has 1 fully saturated rings. The third-order valence-electron chi connectivity index (χ3n) is 6.38. The van der Waals surface area contributed by atoms with Gasteiger partial charge in [0.05, 0.1) is 0 Å². The van der Waals surface area contributed by atoms with E-state index in [0.717, 1.165) is 38.8 Å². The monoisotopic (exact) mass is 362 g/mol. The van der Waals surface area contributed by atoms with E-state index in [9.17, 15) is 4.79 Å². The third-order valence-corrected chi connectivity index (χ3v) is 6.38. The first-order chi connectivity index (χ1) is 12.9. The molecule has 1 unspecified atom stereocenters. The molecule has 0 saturated carbocycles. The number of nitrogens with zero attached hydrogens (tertiary/aromatic N) is 1. The second-order valence-corrected chi connectivity index (χ2v) is 8.88. The molecule has 0 radical (unpaired) electrons. The number of rotatable bonds is 4. The maximum absolute atomic E-state index is 12.6. The lowest BCUT2D eigenvalue weighted by Crippen LogP contribution is -2.53. The minimum atomic E-state index is 0.0152. The van der Waals surface area contributed by atoms with Crippen LogP contribution in [0.15, 0.2) is 42.5 Å². The van der Waals surface area contributed by atoms with Crippen LogP contribution >= 0.6 is 0 Å². The minimum Gasteiger partial charge on any atom is -0.342 e. The Labute approximate surface area is 162 Å². The van der Waals surface area contributed by atoms with Crippen molar-refractivity contribution in [2.45, 2.75) is 52.0 Å². The Kier molecular flexibility index (Phi) is 4.81. The number of nitrogens with two attached hydrogens (primary N) is 1. The Balaban J connectivity index is 1.35. The summed E-state index contributed by atoms with van der Waals surface area (Å²) >= 11 is 0. The number of aryl methyl sites for hydroxylation is 1. The Morgan fingerprint density at radius 2 is 1.93 bits per heavy atom. The van der Waals surface area contributed by atoms with E-state index in [4.69, 9.17) is 5.73 Å². The van der Waals surface area contributed by atoms with Crippen molar-refractivity contribution >= 4 is 5.91 Å². The molecule has 27 heavy (non-hydrogen) atoms. The maximum atomic E-state index is 12.6. The van der Waals surface area contributed by atoms with E-state index in [1.54, 1.807) is 0 Å². The number of hydrogen-bond acceptors (Lipinski definition) is 2. The number of fused-ring (bicyclic) bond motifs is 3. The summed E-state index contributed by atoms with van der Waals surface area (Å²) in [5.74, 6) is 0.279. The van der Waals surface area contributed by atoms with Crippen molar-refractivity contribution in [1.82, 2.24) is 4.90 Å². The molecule has 1 saturated heterocycles. The van der Waals surface area contributed by atoms with E-state index in [-0.39, 0.29) is 17.4 Å². The zero-order valence-corrected chi connectivity index (χ0v) is 16.5. The summed E-state index contributed by atoms with van der Waals surface area (Å²) in [5, 5.41) is 0. The highest BCUT2D eigenvalue weighted by atomic mass is 16.2. The molecule has 3 heteroatoms. The van der Waals surface area contributed by atoms with Crippen LogP contribution in [0.2, 0.25) is 0 Å². The van der Waals surface area contributed by atoms with E-state index in [0.29, 0.717) is 6.42 Å². The Morgan fingerprint density at radius 3 is 2.74 bits per heavy atom. The average molecular weight is 363 g/mol. The smallest absolute Gasteiger partial charge is 0.222 e. The molecule has 1 amide bonds. The van der Waals surface area contributed by atoms with Gasteiger partial charge in [0.25, 0.3) is 0 Å². The fourth-order valence-electron chi connectivity index (χ4n) is 4.52. The number of hydrogen-bond donors (Lipinski definition) is 1. The van der Waals surface area contributed by atoms with Gasteiger partial charge in [0, 0.05) is 25.6 Å². The first-order valence-corrected chi connectivity index (χ1v) is 10.2. The van der Waals surface area contributed by atoms with E-state index in [1.807, 2.05) is 4.90 Å². The largest absolute Gasteiger partial charge is 0.342 e. The number of carbonyl (C=O) groups is 1. The van der Waals surface area contributed by atoms with Crippen LogP contribution in [0, 0.1) is 5.41 Å². The summed E-state index contributed by atoms with van der Waals surface area (Å²) in [6, 6.07) is 15.7. The van der Waals surface area contributed by atoms with Crippen molar-refractivity contribution < 1.29 is 4.79 Å². The predicted octanol–water partition coefficient (Wildman–Crippen LogP) is 4.17. The molecule has 2 aliphatic rings. The highest BCUT2D eigenvalue weighted by Gasteiger charge is 2.35. The number of likely N-dealkylation sites (tertiary alicyclic amines) is 1. The second kappa shape index (κ2) is 7.12. The molecule has 2 aromatic carbocycles. The van der Waals surface area contributed by atoms with Crippen molar-refractivity contribution in [2.24, 2.45) is 11.1 Å². The molecule has 0 spiro atoms. The molecular weight excluding hydrogens is 332 g/mol. The molecule has 1 aliphatic heterocycles. The SMILES string of the molecule is CC1(C)CN(C(=O)CCCc2ccc3c(c2)-c2ccccc2C3)CCC1N. The van der Waals surface area contributed by atoms with Crippen molar-refractivity contribution in [3.63, 3.8) is 0 Å². The highest BCUT2D eigenvalue weighted by Crippen LogP contribution is 2.37. The fourth-order valence-corrected chi connectivity index (χ4v) is 4.52. The molecule has 4 rings (SSSR count). The van der Waals surface area contributed by atoms with Gasteiger partial charge < -0.3 is 10.6 Å². The minimum absolute atomic E-state index is 0.0152. The van der Waals surface area contributed by atoms with Gasteiger partial charge in [-0.05, 0) is 58.9 Å². The van der Waals surface area contributed by atoms with Crippen LogP contribution in [0.1, 0.15) is 49.8 Å². The van der Waals surface area contributed by atoms with E-state index < -0.39 is 0 Å². The van der Waals surface area contributed by atoms with Gasteiger partial charge in [-0.2, -0.15) is 0 Å². The van der Waals surface area contributed by atoms with Crippen LogP contribution in [0.25, 0.3) is 11.1 Å². The number of amides is 1. The zero-order valence-electron chi connectivity index (χ0n) is 16.5. The molecular formula is C24H30N2O. The van der Waals surface area contributed by atoms with Gasteiger partial charge in [-0.15, -0.1) is 0 Å². The lowest BCUT2D eigenvalue weighted by Gasteiger charge is -2.42. The first-order valence-electron chi connectivity index (χ1n) is 10.2. The van der Waals surface area contributed by atoms with Gasteiger partial charge in [0.2, 0.25) is 5.91 Å². The summed E-state index contributed by atoms with van der Waals surface area (Å²) in [7, 11) is 0. The Bertz CT molecular complexity index is 855. The van der Waals surface area contributed by atoms with Crippen LogP contribution in [0.4, 0.5) is 0 Å². The number of piperidine rings is 1. The molecule has 142 valence electrons. The second-order valence-electron chi connectivity index (χ2n) is 8.88. The predicted molar refractivity (Wildman–Crippen MR) is 111 cm³/mol. The van der Waals surface area contributed by atoms with Crippen molar-refractivity contribution in [3.8, 4) is 11.1 Å². The molecule has 2 aromatic rings. The Morgan fingerprint density at radius 1 is 1.15 bits per heavy atom. The van der Waals surface area contributed by atoms with Crippen LogP contribution in [0.3, 0.4) is 0 Å². The van der Waals surface area contributed by atoms with Crippen LogP contribution < -0.4 is 5.73 Å². The van der Waals surface area contributed by atoms with Crippen molar-refractivity contribution in [3.05, 3.63) is 59.2 Å². The van der Waals surface area contributed by atoms with Gasteiger partial charge in [0.1, 0.15) is 0 Å². The van der Waals surface area contributed by atoms with E-state index >= 15 is 0 Å². The lowest BCUT2D eigenvalue weighted by molar-refractivity contribution is -0.134. The van der Waals surface area contributed by atoms with Crippen LogP contribution in [0.5, 0.6) is 0 Å². The van der Waals surface area contributed by atoms with Gasteiger partial charge in [0.15, 0.2) is 0 Å². The highest BCUT2D eigenvalue weighted by molar-refractivity contribution is 5.77. The zero-order chi connectivity index (χ0) is 19.0. The molecule has 1 heterocycles. The molecule has 1 aliphatic carbocycles. The van der Waals surface area contributed by atoms with Gasteiger partial charge in [-0.3, -0.25) is 4.79 Å². The third kappa shape index (κ3) is 3.66. The number of carbonyl (C=O) groups excluding carboxylic acids is 1. The standard InChI is InChI=1S/C24H30N2O/c1-24(2)16-26(13-12-22(24)25)23(27)9-5-6-17-10-11-19-15-18-7-3-4-8-20(18)21(19)14-17/h3-4,7-8,10-11,14,22H,5-6,9,12-13,15-16,25H2,1-2H3. The number of benzene rings is 2. The van der Waals surface area contributed by atoms with Crippen molar-refractivity contribution in [2.75, 3.05) is 13.1 Å². The van der Waals surface area contributed by atoms with Gasteiger partial charge in [-0.25, -0.2) is 0 Å².